The summed E-state index contributed by atoms with van der Waals surface area (Å²) in [5, 5.41) is 13.6. The molecule has 31 heavy (non-hydrogen) atoms. The molecule has 0 aliphatic carbocycles. The molecule has 3 rings (SSSR count). The molecule has 0 amide bonds. The van der Waals surface area contributed by atoms with Gasteiger partial charge in [0.25, 0.3) is 0 Å². The molecule has 0 spiro atoms. The van der Waals surface area contributed by atoms with Crippen LogP contribution in [-0.2, 0) is 11.2 Å². The van der Waals surface area contributed by atoms with Gasteiger partial charge < -0.3 is 20.1 Å². The van der Waals surface area contributed by atoms with Gasteiger partial charge in [0.2, 0.25) is 0 Å². The van der Waals surface area contributed by atoms with E-state index in [1.54, 1.807) is 24.3 Å². The second kappa shape index (κ2) is 10.8. The number of hydrogen-bond acceptors (Lipinski definition) is 4. The van der Waals surface area contributed by atoms with Crippen molar-refractivity contribution in [3.63, 3.8) is 0 Å². The molecule has 1 aromatic heterocycles. The Hall–Kier alpha value is -3.12. The fourth-order valence-corrected chi connectivity index (χ4v) is 3.42. The lowest BCUT2D eigenvalue weighted by atomic mass is 10.0. The number of carboxylic acids is 1. The lowest BCUT2D eigenvalue weighted by Crippen LogP contribution is -2.39. The molecular formula is C25H30N2O4. The Bertz CT molecular complexity index is 1010. The first-order valence-electron chi connectivity index (χ1n) is 10.7. The molecule has 0 bridgehead atoms. The predicted molar refractivity (Wildman–Crippen MR) is 122 cm³/mol. The molecule has 6 nitrogen and oxygen atoms in total. The summed E-state index contributed by atoms with van der Waals surface area (Å²) in [5.41, 5.74) is 2.52. The molecule has 1 heterocycles. The highest BCUT2D eigenvalue weighted by Crippen LogP contribution is 2.19. The van der Waals surface area contributed by atoms with Crippen molar-refractivity contribution < 1.29 is 19.4 Å². The second-order valence-electron chi connectivity index (χ2n) is 8.14. The minimum Gasteiger partial charge on any atom is -0.494 e. The van der Waals surface area contributed by atoms with Crippen molar-refractivity contribution in [3.8, 4) is 5.75 Å². The van der Waals surface area contributed by atoms with Crippen LogP contribution in [-0.4, -0.2) is 41.0 Å². The van der Waals surface area contributed by atoms with E-state index >= 15 is 0 Å². The topological polar surface area (TPSA) is 91.4 Å². The third kappa shape index (κ3) is 6.43. The Morgan fingerprint density at radius 1 is 1.10 bits per heavy atom. The quantitative estimate of drug-likeness (QED) is 0.375. The number of carboxylic acid groups (broad SMARTS) is 1. The van der Waals surface area contributed by atoms with Crippen molar-refractivity contribution in [2.45, 2.75) is 39.2 Å². The summed E-state index contributed by atoms with van der Waals surface area (Å²) in [6.07, 6.45) is 3.40. The van der Waals surface area contributed by atoms with Crippen LogP contribution in [0.2, 0.25) is 0 Å². The van der Waals surface area contributed by atoms with Crippen molar-refractivity contribution in [2.24, 2.45) is 5.92 Å². The number of aromatic amines is 1. The number of fused-ring (bicyclic) bond motifs is 1. The third-order valence-corrected chi connectivity index (χ3v) is 5.28. The summed E-state index contributed by atoms with van der Waals surface area (Å²) in [7, 11) is 0. The van der Waals surface area contributed by atoms with E-state index in [1.807, 2.05) is 30.5 Å². The molecule has 2 aromatic carbocycles. The number of rotatable bonds is 12. The lowest BCUT2D eigenvalue weighted by Gasteiger charge is -2.14. The van der Waals surface area contributed by atoms with Crippen molar-refractivity contribution in [1.29, 1.82) is 0 Å². The number of aromatic nitrogens is 1. The van der Waals surface area contributed by atoms with Gasteiger partial charge in [-0.25, -0.2) is 0 Å². The average molecular weight is 423 g/mol. The van der Waals surface area contributed by atoms with E-state index in [0.717, 1.165) is 28.6 Å². The summed E-state index contributed by atoms with van der Waals surface area (Å²) in [4.78, 5) is 27.3. The van der Waals surface area contributed by atoms with Crippen LogP contribution in [0, 0.1) is 5.92 Å². The minimum absolute atomic E-state index is 0.0301. The number of aliphatic carboxylic acids is 1. The minimum atomic E-state index is -0.930. The monoisotopic (exact) mass is 422 g/mol. The van der Waals surface area contributed by atoms with Gasteiger partial charge in [0.15, 0.2) is 5.78 Å². The standard InChI is InChI=1S/C25H30N2O4/c1-17(2)12-14-31-20-9-7-18(8-10-20)24(28)11-13-26-23(25(29)30)15-19-16-27-22-6-4-3-5-21(19)22/h3-10,16-17,23,26-27H,11-15H2,1-2H3,(H,29,30)/t23-/m0/s1. The van der Waals surface area contributed by atoms with Crippen LogP contribution in [0.1, 0.15) is 42.6 Å². The van der Waals surface area contributed by atoms with Gasteiger partial charge in [0, 0.05) is 42.0 Å². The van der Waals surface area contributed by atoms with Gasteiger partial charge in [-0.05, 0) is 48.2 Å². The first-order valence-corrected chi connectivity index (χ1v) is 10.7. The zero-order valence-electron chi connectivity index (χ0n) is 18.1. The van der Waals surface area contributed by atoms with Crippen molar-refractivity contribution in [2.75, 3.05) is 13.2 Å². The number of ketones is 1. The summed E-state index contributed by atoms with van der Waals surface area (Å²) in [6.45, 7) is 5.25. The Balaban J connectivity index is 1.50. The van der Waals surface area contributed by atoms with Crippen LogP contribution in [0.5, 0.6) is 5.75 Å². The largest absolute Gasteiger partial charge is 0.494 e. The normalized spacial score (nSPS) is 12.2. The highest BCUT2D eigenvalue weighted by atomic mass is 16.5. The number of H-pyrrole nitrogens is 1. The summed E-state index contributed by atoms with van der Waals surface area (Å²) in [5.74, 6) is 0.372. The average Bonchev–Trinajstić information content (AvgIpc) is 3.16. The van der Waals surface area contributed by atoms with E-state index < -0.39 is 12.0 Å². The zero-order valence-corrected chi connectivity index (χ0v) is 18.1. The van der Waals surface area contributed by atoms with E-state index in [1.165, 1.54) is 0 Å². The number of nitrogens with one attached hydrogen (secondary N) is 2. The van der Waals surface area contributed by atoms with Gasteiger partial charge in [-0.3, -0.25) is 9.59 Å². The van der Waals surface area contributed by atoms with Crippen LogP contribution >= 0.6 is 0 Å². The van der Waals surface area contributed by atoms with Crippen LogP contribution in [0.3, 0.4) is 0 Å². The maximum atomic E-state index is 12.5. The van der Waals surface area contributed by atoms with E-state index in [2.05, 4.69) is 24.1 Å². The lowest BCUT2D eigenvalue weighted by molar-refractivity contribution is -0.139. The molecule has 0 aliphatic heterocycles. The number of carbonyl (C=O) groups is 2. The number of benzene rings is 2. The SMILES string of the molecule is CC(C)CCOc1ccc(C(=O)CCN[C@@H](Cc2c[nH]c3ccccc23)C(=O)O)cc1. The molecule has 6 heteroatoms. The molecular weight excluding hydrogens is 392 g/mol. The molecule has 0 fully saturated rings. The molecule has 3 aromatic rings. The van der Waals surface area contributed by atoms with Gasteiger partial charge >= 0.3 is 5.97 Å². The molecule has 0 unspecified atom stereocenters. The Morgan fingerprint density at radius 3 is 2.55 bits per heavy atom. The van der Waals surface area contributed by atoms with E-state index in [0.29, 0.717) is 31.1 Å². The van der Waals surface area contributed by atoms with E-state index in [-0.39, 0.29) is 12.2 Å². The summed E-state index contributed by atoms with van der Waals surface area (Å²) >= 11 is 0. The maximum absolute atomic E-state index is 12.5. The van der Waals surface area contributed by atoms with Crippen LogP contribution in [0.4, 0.5) is 0 Å². The van der Waals surface area contributed by atoms with Gasteiger partial charge in [-0.2, -0.15) is 0 Å². The number of Topliss-reactive ketones (excluding diaryl/α,β-unsaturated/α-hetero) is 1. The van der Waals surface area contributed by atoms with Gasteiger partial charge in [0.1, 0.15) is 11.8 Å². The Morgan fingerprint density at radius 2 is 1.84 bits per heavy atom. The van der Waals surface area contributed by atoms with Crippen LogP contribution < -0.4 is 10.1 Å². The van der Waals surface area contributed by atoms with Crippen LogP contribution in [0.25, 0.3) is 10.9 Å². The maximum Gasteiger partial charge on any atom is 0.321 e. The van der Waals surface area contributed by atoms with Crippen LogP contribution in [0.15, 0.2) is 54.7 Å². The fraction of sp³-hybridized carbons (Fsp3) is 0.360. The van der Waals surface area contributed by atoms with Crippen molar-refractivity contribution in [1.82, 2.24) is 10.3 Å². The first-order chi connectivity index (χ1) is 14.9. The van der Waals surface area contributed by atoms with Gasteiger partial charge in [0.05, 0.1) is 6.61 Å². The number of carbonyl (C=O) groups excluding carboxylic acids is 1. The second-order valence-corrected chi connectivity index (χ2v) is 8.14. The summed E-state index contributed by atoms with van der Waals surface area (Å²) < 4.78 is 5.68. The third-order valence-electron chi connectivity index (χ3n) is 5.28. The molecule has 164 valence electrons. The highest BCUT2D eigenvalue weighted by Gasteiger charge is 2.19. The predicted octanol–water partition coefficient (Wildman–Crippen LogP) is 4.45. The van der Waals surface area contributed by atoms with Gasteiger partial charge in [-0.15, -0.1) is 0 Å². The summed E-state index contributed by atoms with van der Waals surface area (Å²) in [6, 6.07) is 14.2. The molecule has 0 radical (unpaired) electrons. The number of hydrogen-bond donors (Lipinski definition) is 3. The smallest absolute Gasteiger partial charge is 0.321 e. The number of para-hydroxylation sites is 1. The van der Waals surface area contributed by atoms with E-state index in [4.69, 9.17) is 4.74 Å². The van der Waals surface area contributed by atoms with Crippen molar-refractivity contribution >= 4 is 22.7 Å². The molecule has 1 atom stereocenters. The number of ether oxygens (including phenoxy) is 1. The fourth-order valence-electron chi connectivity index (χ4n) is 3.42. The Labute approximate surface area is 182 Å². The Kier molecular flexibility index (Phi) is 7.84. The zero-order chi connectivity index (χ0) is 22.2. The molecule has 0 saturated heterocycles. The van der Waals surface area contributed by atoms with E-state index in [9.17, 15) is 14.7 Å². The van der Waals surface area contributed by atoms with Crippen molar-refractivity contribution in [3.05, 3.63) is 65.9 Å². The highest BCUT2D eigenvalue weighted by molar-refractivity contribution is 5.96. The molecule has 3 N–H and O–H groups in total. The molecule has 0 aliphatic rings. The first kappa shape index (κ1) is 22.6. The van der Waals surface area contributed by atoms with Gasteiger partial charge in [-0.1, -0.05) is 32.0 Å². The molecule has 0 saturated carbocycles.